The molecule has 0 fully saturated rings. The number of aromatic nitrogens is 5. The summed E-state index contributed by atoms with van der Waals surface area (Å²) < 4.78 is 2.01. The summed E-state index contributed by atoms with van der Waals surface area (Å²) in [5.74, 6) is 0.686. The Morgan fingerprint density at radius 1 is 1.38 bits per heavy atom. The zero-order valence-corrected chi connectivity index (χ0v) is 11.9. The molecule has 2 heterocycles. The number of nitrogens with one attached hydrogen (secondary N) is 2. The maximum absolute atomic E-state index is 12.3. The first-order valence-corrected chi connectivity index (χ1v) is 6.81. The van der Waals surface area contributed by atoms with Crippen molar-refractivity contribution in [3.63, 3.8) is 0 Å². The quantitative estimate of drug-likeness (QED) is 0.762. The first kappa shape index (κ1) is 13.3. The molecule has 1 unspecified atom stereocenters. The molecule has 1 aromatic carbocycles. The van der Waals surface area contributed by atoms with Gasteiger partial charge < -0.3 is 9.88 Å². The average molecular weight is 284 g/mol. The second-order valence-corrected chi connectivity index (χ2v) is 4.79. The van der Waals surface area contributed by atoms with Crippen LogP contribution in [0.2, 0.25) is 0 Å². The van der Waals surface area contributed by atoms with Crippen LogP contribution in [0.4, 0.5) is 0 Å². The van der Waals surface area contributed by atoms with Crippen molar-refractivity contribution in [1.29, 1.82) is 0 Å². The predicted molar refractivity (Wildman–Crippen MR) is 77.7 cm³/mol. The van der Waals surface area contributed by atoms with Crippen molar-refractivity contribution in [2.24, 2.45) is 0 Å². The molecule has 7 nitrogen and oxygen atoms in total. The van der Waals surface area contributed by atoms with Crippen LogP contribution in [0.5, 0.6) is 0 Å². The highest BCUT2D eigenvalue weighted by atomic mass is 16.1. The van der Waals surface area contributed by atoms with Crippen LogP contribution in [0.3, 0.4) is 0 Å². The Hall–Kier alpha value is -2.70. The van der Waals surface area contributed by atoms with E-state index in [1.54, 1.807) is 24.4 Å². The number of amides is 1. The Bertz CT molecular complexity index is 774. The van der Waals surface area contributed by atoms with E-state index in [4.69, 9.17) is 0 Å². The molecule has 0 aliphatic carbocycles. The number of H-pyrrole nitrogens is 1. The Balaban J connectivity index is 1.79. The molecule has 7 heteroatoms. The molecular weight excluding hydrogens is 268 g/mol. The van der Waals surface area contributed by atoms with Crippen molar-refractivity contribution in [1.82, 2.24) is 30.3 Å². The molecule has 108 valence electrons. The van der Waals surface area contributed by atoms with Gasteiger partial charge in [-0.3, -0.25) is 4.79 Å². The lowest BCUT2D eigenvalue weighted by Crippen LogP contribution is -2.28. The molecule has 0 spiro atoms. The van der Waals surface area contributed by atoms with Crippen LogP contribution >= 0.6 is 0 Å². The SMILES string of the molecule is CCn1ccnc1C(C)NC(=O)c1ccc2n[nH]nc2c1. The lowest BCUT2D eigenvalue weighted by molar-refractivity contribution is 0.0938. The molecule has 0 aliphatic rings. The third-order valence-corrected chi connectivity index (χ3v) is 3.40. The summed E-state index contributed by atoms with van der Waals surface area (Å²) in [7, 11) is 0. The van der Waals surface area contributed by atoms with Crippen LogP contribution < -0.4 is 5.32 Å². The van der Waals surface area contributed by atoms with Gasteiger partial charge in [0.2, 0.25) is 0 Å². The second kappa shape index (κ2) is 5.35. The number of benzene rings is 1. The van der Waals surface area contributed by atoms with Crippen molar-refractivity contribution in [2.45, 2.75) is 26.4 Å². The minimum atomic E-state index is -0.166. The van der Waals surface area contributed by atoms with Crippen LogP contribution in [0, 0.1) is 0 Å². The minimum absolute atomic E-state index is 0.155. The summed E-state index contributed by atoms with van der Waals surface area (Å²) in [6.07, 6.45) is 3.64. The van der Waals surface area contributed by atoms with Gasteiger partial charge in [0.25, 0.3) is 5.91 Å². The Morgan fingerprint density at radius 2 is 2.19 bits per heavy atom. The Labute approximate surface area is 121 Å². The molecule has 2 aromatic heterocycles. The van der Waals surface area contributed by atoms with Crippen molar-refractivity contribution >= 4 is 16.9 Å². The first-order chi connectivity index (χ1) is 10.2. The molecule has 0 bridgehead atoms. The van der Waals surface area contributed by atoms with Crippen LogP contribution in [0.1, 0.15) is 36.1 Å². The van der Waals surface area contributed by atoms with Gasteiger partial charge in [-0.25, -0.2) is 4.98 Å². The summed E-state index contributed by atoms with van der Waals surface area (Å²) in [4.78, 5) is 16.6. The molecule has 0 saturated heterocycles. The molecule has 0 saturated carbocycles. The van der Waals surface area contributed by atoms with Gasteiger partial charge in [0.05, 0.1) is 6.04 Å². The zero-order valence-electron chi connectivity index (χ0n) is 11.9. The van der Waals surface area contributed by atoms with Crippen LogP contribution in [-0.4, -0.2) is 30.9 Å². The smallest absolute Gasteiger partial charge is 0.251 e. The van der Waals surface area contributed by atoms with Gasteiger partial charge >= 0.3 is 0 Å². The third kappa shape index (κ3) is 2.49. The normalized spacial score (nSPS) is 12.5. The number of aryl methyl sites for hydroxylation is 1. The number of aromatic amines is 1. The number of nitrogens with zero attached hydrogens (tertiary/aromatic N) is 4. The van der Waals surface area contributed by atoms with Gasteiger partial charge in [0.1, 0.15) is 16.9 Å². The lowest BCUT2D eigenvalue weighted by Gasteiger charge is -2.15. The number of hydrogen-bond acceptors (Lipinski definition) is 4. The third-order valence-electron chi connectivity index (χ3n) is 3.40. The summed E-state index contributed by atoms with van der Waals surface area (Å²) in [6.45, 7) is 4.78. The molecule has 1 amide bonds. The highest BCUT2D eigenvalue weighted by Gasteiger charge is 2.16. The maximum atomic E-state index is 12.3. The summed E-state index contributed by atoms with van der Waals surface area (Å²) in [6, 6.07) is 5.05. The van der Waals surface area contributed by atoms with E-state index < -0.39 is 0 Å². The number of carbonyl (C=O) groups excluding carboxylic acids is 1. The van der Waals surface area contributed by atoms with E-state index >= 15 is 0 Å². The highest BCUT2D eigenvalue weighted by molar-refractivity contribution is 5.97. The molecule has 21 heavy (non-hydrogen) atoms. The van der Waals surface area contributed by atoms with E-state index in [1.807, 2.05) is 24.6 Å². The van der Waals surface area contributed by atoms with Crippen LogP contribution in [0.15, 0.2) is 30.6 Å². The van der Waals surface area contributed by atoms with Crippen LogP contribution in [-0.2, 0) is 6.54 Å². The van der Waals surface area contributed by atoms with Gasteiger partial charge in [-0.2, -0.15) is 15.4 Å². The molecule has 0 radical (unpaired) electrons. The van der Waals surface area contributed by atoms with Gasteiger partial charge in [0.15, 0.2) is 0 Å². The monoisotopic (exact) mass is 284 g/mol. The molecule has 2 N–H and O–H groups in total. The van der Waals surface area contributed by atoms with Gasteiger partial charge in [-0.1, -0.05) is 0 Å². The Kier molecular flexibility index (Phi) is 3.39. The fraction of sp³-hybridized carbons (Fsp3) is 0.286. The van der Waals surface area contributed by atoms with E-state index in [9.17, 15) is 4.79 Å². The Morgan fingerprint density at radius 3 is 3.00 bits per heavy atom. The van der Waals surface area contributed by atoms with E-state index in [0.29, 0.717) is 11.1 Å². The molecular formula is C14H16N6O. The van der Waals surface area contributed by atoms with Crippen molar-refractivity contribution in [3.8, 4) is 0 Å². The zero-order chi connectivity index (χ0) is 14.8. The van der Waals surface area contributed by atoms with Crippen molar-refractivity contribution in [2.75, 3.05) is 0 Å². The summed E-state index contributed by atoms with van der Waals surface area (Å²) in [5, 5.41) is 13.4. The molecule has 3 aromatic rings. The van der Waals surface area contributed by atoms with Gasteiger partial charge in [-0.05, 0) is 32.0 Å². The molecule has 1 atom stereocenters. The van der Waals surface area contributed by atoms with E-state index in [1.165, 1.54) is 0 Å². The summed E-state index contributed by atoms with van der Waals surface area (Å²) in [5.41, 5.74) is 1.96. The number of imidazole rings is 1. The predicted octanol–water partition coefficient (Wildman–Crippen LogP) is 1.67. The second-order valence-electron chi connectivity index (χ2n) is 4.79. The fourth-order valence-electron chi connectivity index (χ4n) is 2.29. The molecule has 3 rings (SSSR count). The van der Waals surface area contributed by atoms with Gasteiger partial charge in [0, 0.05) is 24.5 Å². The number of carbonyl (C=O) groups is 1. The van der Waals surface area contributed by atoms with Crippen LogP contribution in [0.25, 0.3) is 11.0 Å². The first-order valence-electron chi connectivity index (χ1n) is 6.81. The highest BCUT2D eigenvalue weighted by Crippen LogP contribution is 2.14. The van der Waals surface area contributed by atoms with Crippen molar-refractivity contribution in [3.05, 3.63) is 42.0 Å². The maximum Gasteiger partial charge on any atom is 0.251 e. The number of rotatable bonds is 4. The topological polar surface area (TPSA) is 88.5 Å². The number of hydrogen-bond donors (Lipinski definition) is 2. The fourth-order valence-corrected chi connectivity index (χ4v) is 2.29. The average Bonchev–Trinajstić information content (AvgIpc) is 3.14. The number of fused-ring (bicyclic) bond motifs is 1. The van der Waals surface area contributed by atoms with E-state index in [2.05, 4.69) is 25.7 Å². The van der Waals surface area contributed by atoms with Gasteiger partial charge in [-0.15, -0.1) is 0 Å². The largest absolute Gasteiger partial charge is 0.342 e. The molecule has 0 aliphatic heterocycles. The lowest BCUT2D eigenvalue weighted by atomic mass is 10.1. The van der Waals surface area contributed by atoms with E-state index in [0.717, 1.165) is 17.9 Å². The minimum Gasteiger partial charge on any atom is -0.342 e. The standard InChI is InChI=1S/C14H16N6O/c1-3-20-7-6-15-13(20)9(2)16-14(21)10-4-5-11-12(8-10)18-19-17-11/h4-9H,3H2,1-2H3,(H,16,21)(H,17,18,19). The summed E-state index contributed by atoms with van der Waals surface area (Å²) >= 11 is 0. The van der Waals surface area contributed by atoms with Crippen molar-refractivity contribution < 1.29 is 4.79 Å². The van der Waals surface area contributed by atoms with E-state index in [-0.39, 0.29) is 11.9 Å².